The van der Waals surface area contributed by atoms with E-state index in [0.29, 0.717) is 19.4 Å². The van der Waals surface area contributed by atoms with Crippen molar-refractivity contribution in [3.8, 4) is 0 Å². The van der Waals surface area contributed by atoms with Crippen molar-refractivity contribution in [2.24, 2.45) is 0 Å². The van der Waals surface area contributed by atoms with Crippen LogP contribution in [0.15, 0.2) is 24.3 Å². The molecule has 2 rings (SSSR count). The second-order valence-corrected chi connectivity index (χ2v) is 6.39. The lowest BCUT2D eigenvalue weighted by molar-refractivity contribution is -0.121. The van der Waals surface area contributed by atoms with Crippen molar-refractivity contribution in [2.45, 2.75) is 45.1 Å². The maximum absolute atomic E-state index is 11.6. The van der Waals surface area contributed by atoms with Crippen LogP contribution in [0, 0.1) is 0 Å². The molecule has 1 amide bonds. The minimum absolute atomic E-state index is 0.0694. The molecule has 0 saturated carbocycles. The fourth-order valence-corrected chi connectivity index (χ4v) is 3.11. The molecule has 1 unspecified atom stereocenters. The van der Waals surface area contributed by atoms with Crippen molar-refractivity contribution in [1.82, 2.24) is 10.3 Å². The number of rotatable bonds is 8. The van der Waals surface area contributed by atoms with Gasteiger partial charge in [-0.05, 0) is 44.7 Å². The van der Waals surface area contributed by atoms with Crippen LogP contribution in [-0.2, 0) is 11.2 Å². The summed E-state index contributed by atoms with van der Waals surface area (Å²) in [5.41, 5.74) is 1.06. The number of fused-ring (bicyclic) bond motifs is 1. The number of unbranched alkanes of at least 4 members (excludes halogenated alkanes) is 1. The standard InChI is InChI=1S/C16H22N2O2S/c1-12(19)10-11-17-15(20)8-4-5-9-16-18-13-6-2-3-7-14(13)21-16/h2-3,6-7,12,19H,4-5,8-11H2,1H3,(H,17,20). The first-order valence-electron chi connectivity index (χ1n) is 7.44. The molecule has 0 bridgehead atoms. The molecular formula is C16H22N2O2S. The van der Waals surface area contributed by atoms with E-state index in [4.69, 9.17) is 5.11 Å². The zero-order valence-electron chi connectivity index (χ0n) is 12.3. The van der Waals surface area contributed by atoms with Crippen LogP contribution < -0.4 is 5.32 Å². The average molecular weight is 306 g/mol. The largest absolute Gasteiger partial charge is 0.393 e. The third-order valence-corrected chi connectivity index (χ3v) is 4.36. The maximum atomic E-state index is 11.6. The van der Waals surface area contributed by atoms with Crippen molar-refractivity contribution >= 4 is 27.5 Å². The van der Waals surface area contributed by atoms with Crippen LogP contribution in [0.25, 0.3) is 10.2 Å². The van der Waals surface area contributed by atoms with Gasteiger partial charge in [0.1, 0.15) is 0 Å². The summed E-state index contributed by atoms with van der Waals surface area (Å²) in [7, 11) is 0. The number of carbonyl (C=O) groups is 1. The van der Waals surface area contributed by atoms with Gasteiger partial charge >= 0.3 is 0 Å². The van der Waals surface area contributed by atoms with E-state index >= 15 is 0 Å². The van der Waals surface area contributed by atoms with Crippen LogP contribution in [-0.4, -0.2) is 28.6 Å². The Morgan fingerprint density at radius 1 is 1.38 bits per heavy atom. The van der Waals surface area contributed by atoms with E-state index in [9.17, 15) is 4.79 Å². The van der Waals surface area contributed by atoms with Gasteiger partial charge in [0.2, 0.25) is 5.91 Å². The normalized spacial score (nSPS) is 12.5. The van der Waals surface area contributed by atoms with Gasteiger partial charge in [0.15, 0.2) is 0 Å². The number of amides is 1. The summed E-state index contributed by atoms with van der Waals surface area (Å²) in [5.74, 6) is 0.0694. The Labute approximate surface area is 129 Å². The van der Waals surface area contributed by atoms with Crippen molar-refractivity contribution in [1.29, 1.82) is 0 Å². The van der Waals surface area contributed by atoms with E-state index in [1.165, 1.54) is 4.70 Å². The number of thiazole rings is 1. The van der Waals surface area contributed by atoms with Gasteiger partial charge in [-0.2, -0.15) is 0 Å². The number of para-hydroxylation sites is 1. The van der Waals surface area contributed by atoms with E-state index in [-0.39, 0.29) is 12.0 Å². The van der Waals surface area contributed by atoms with Crippen molar-refractivity contribution in [3.63, 3.8) is 0 Å². The summed E-state index contributed by atoms with van der Waals surface area (Å²) >= 11 is 1.73. The van der Waals surface area contributed by atoms with E-state index in [2.05, 4.69) is 16.4 Å². The summed E-state index contributed by atoms with van der Waals surface area (Å²) < 4.78 is 1.23. The van der Waals surface area contributed by atoms with E-state index in [1.807, 2.05) is 18.2 Å². The molecule has 1 atom stereocenters. The van der Waals surface area contributed by atoms with Gasteiger partial charge in [-0.15, -0.1) is 11.3 Å². The van der Waals surface area contributed by atoms with Crippen LogP contribution in [0.4, 0.5) is 0 Å². The van der Waals surface area contributed by atoms with E-state index in [0.717, 1.165) is 29.8 Å². The fourth-order valence-electron chi connectivity index (χ4n) is 2.10. The second kappa shape index (κ2) is 8.10. The Kier molecular flexibility index (Phi) is 6.14. The number of hydrogen-bond acceptors (Lipinski definition) is 4. The molecule has 0 radical (unpaired) electrons. The molecule has 0 aliphatic carbocycles. The highest BCUT2D eigenvalue weighted by Gasteiger charge is 2.05. The molecule has 1 aromatic heterocycles. The lowest BCUT2D eigenvalue weighted by Crippen LogP contribution is -2.26. The molecule has 0 aliphatic rings. The third-order valence-electron chi connectivity index (χ3n) is 3.27. The summed E-state index contributed by atoms with van der Waals surface area (Å²) in [6.07, 6.45) is 3.58. The first-order valence-corrected chi connectivity index (χ1v) is 8.26. The van der Waals surface area contributed by atoms with Gasteiger partial charge < -0.3 is 10.4 Å². The van der Waals surface area contributed by atoms with Crippen LogP contribution in [0.5, 0.6) is 0 Å². The Bertz CT molecular complexity index is 547. The number of aryl methyl sites for hydroxylation is 1. The van der Waals surface area contributed by atoms with Crippen molar-refractivity contribution < 1.29 is 9.90 Å². The SMILES string of the molecule is CC(O)CCNC(=O)CCCCc1nc2ccccc2s1. The number of nitrogens with zero attached hydrogens (tertiary/aromatic N) is 1. The lowest BCUT2D eigenvalue weighted by Gasteiger charge is -2.06. The Morgan fingerprint density at radius 3 is 2.95 bits per heavy atom. The van der Waals surface area contributed by atoms with Crippen molar-refractivity contribution in [3.05, 3.63) is 29.3 Å². The molecule has 1 heterocycles. The monoisotopic (exact) mass is 306 g/mol. The molecule has 4 nitrogen and oxygen atoms in total. The van der Waals surface area contributed by atoms with Crippen LogP contribution in [0.1, 0.15) is 37.6 Å². The predicted octanol–water partition coefficient (Wildman–Crippen LogP) is 2.90. The van der Waals surface area contributed by atoms with Gasteiger partial charge in [-0.3, -0.25) is 4.79 Å². The lowest BCUT2D eigenvalue weighted by atomic mass is 10.2. The average Bonchev–Trinajstić information content (AvgIpc) is 2.86. The second-order valence-electron chi connectivity index (χ2n) is 5.27. The summed E-state index contributed by atoms with van der Waals surface area (Å²) in [6, 6.07) is 8.16. The number of nitrogens with one attached hydrogen (secondary N) is 1. The molecule has 2 N–H and O–H groups in total. The number of aliphatic hydroxyl groups is 1. The molecule has 0 aliphatic heterocycles. The highest BCUT2D eigenvalue weighted by atomic mass is 32.1. The first kappa shape index (κ1) is 15.9. The molecule has 5 heteroatoms. The smallest absolute Gasteiger partial charge is 0.219 e. The molecule has 1 aromatic carbocycles. The summed E-state index contributed by atoms with van der Waals surface area (Å²) in [6.45, 7) is 2.28. The number of carbonyl (C=O) groups excluding carboxylic acids is 1. The molecule has 0 saturated heterocycles. The van der Waals surface area contributed by atoms with Crippen LogP contribution in [0.3, 0.4) is 0 Å². The van der Waals surface area contributed by atoms with E-state index in [1.54, 1.807) is 18.3 Å². The van der Waals surface area contributed by atoms with Gasteiger partial charge in [-0.1, -0.05) is 12.1 Å². The third kappa shape index (κ3) is 5.44. The zero-order chi connectivity index (χ0) is 15.1. The fraction of sp³-hybridized carbons (Fsp3) is 0.500. The number of aliphatic hydroxyl groups excluding tert-OH is 1. The Morgan fingerprint density at radius 2 is 2.19 bits per heavy atom. The molecular weight excluding hydrogens is 284 g/mol. The number of hydrogen-bond donors (Lipinski definition) is 2. The molecule has 0 fully saturated rings. The molecule has 0 spiro atoms. The van der Waals surface area contributed by atoms with Gasteiger partial charge in [0.05, 0.1) is 21.3 Å². The summed E-state index contributed by atoms with van der Waals surface area (Å²) in [4.78, 5) is 16.2. The highest BCUT2D eigenvalue weighted by molar-refractivity contribution is 7.18. The number of benzene rings is 1. The quantitative estimate of drug-likeness (QED) is 0.737. The van der Waals surface area contributed by atoms with Crippen molar-refractivity contribution in [2.75, 3.05) is 6.54 Å². The molecule has 2 aromatic rings. The topological polar surface area (TPSA) is 62.2 Å². The highest BCUT2D eigenvalue weighted by Crippen LogP contribution is 2.22. The number of aromatic nitrogens is 1. The molecule has 21 heavy (non-hydrogen) atoms. The minimum Gasteiger partial charge on any atom is -0.393 e. The zero-order valence-corrected chi connectivity index (χ0v) is 13.2. The summed E-state index contributed by atoms with van der Waals surface area (Å²) in [5, 5.41) is 13.1. The maximum Gasteiger partial charge on any atom is 0.219 e. The van der Waals surface area contributed by atoms with Crippen LogP contribution in [0.2, 0.25) is 0 Å². The Balaban J connectivity index is 1.64. The van der Waals surface area contributed by atoms with Gasteiger partial charge in [-0.25, -0.2) is 4.98 Å². The minimum atomic E-state index is -0.357. The van der Waals surface area contributed by atoms with Gasteiger partial charge in [0.25, 0.3) is 0 Å². The molecule has 114 valence electrons. The van der Waals surface area contributed by atoms with Crippen LogP contribution >= 0.6 is 11.3 Å². The Hall–Kier alpha value is -1.46. The predicted molar refractivity (Wildman–Crippen MR) is 86.5 cm³/mol. The van der Waals surface area contributed by atoms with E-state index < -0.39 is 0 Å². The van der Waals surface area contributed by atoms with Gasteiger partial charge in [0, 0.05) is 13.0 Å². The first-order chi connectivity index (χ1) is 10.1.